The van der Waals surface area contributed by atoms with E-state index in [1.54, 1.807) is 4.68 Å². The zero-order chi connectivity index (χ0) is 29.4. The Kier molecular flexibility index (Phi) is 10.2. The summed E-state index contributed by atoms with van der Waals surface area (Å²) in [7, 11) is 0. The lowest BCUT2D eigenvalue weighted by Gasteiger charge is -2.32. The largest absolute Gasteiger partial charge is 0.343 e. The molecule has 1 saturated heterocycles. The van der Waals surface area contributed by atoms with E-state index in [-0.39, 0.29) is 11.4 Å². The summed E-state index contributed by atoms with van der Waals surface area (Å²) >= 11 is 0. The van der Waals surface area contributed by atoms with Crippen LogP contribution in [0.4, 0.5) is 16.3 Å². The minimum atomic E-state index is -0.304. The van der Waals surface area contributed by atoms with Crippen molar-refractivity contribution in [2.75, 3.05) is 23.7 Å². The van der Waals surface area contributed by atoms with E-state index in [4.69, 9.17) is 5.10 Å². The van der Waals surface area contributed by atoms with Crippen LogP contribution in [-0.4, -0.2) is 39.7 Å². The molecule has 2 aromatic carbocycles. The molecule has 0 aliphatic carbocycles. The molecule has 0 bridgehead atoms. The first-order chi connectivity index (χ1) is 19.6. The Morgan fingerprint density at radius 2 is 1.68 bits per heavy atom. The monoisotopic (exact) mass is 557 g/mol. The Bertz CT molecular complexity index is 1300. The summed E-state index contributed by atoms with van der Waals surface area (Å²) in [5.41, 5.74) is 4.77. The zero-order valence-electron chi connectivity index (χ0n) is 25.5. The molecule has 0 atom stereocenters. The lowest BCUT2D eigenvalue weighted by atomic mass is 9.90. The first-order valence-corrected chi connectivity index (χ1v) is 15.2. The molecular weight excluding hydrogens is 510 g/mol. The van der Waals surface area contributed by atoms with Gasteiger partial charge in [0.15, 0.2) is 0 Å². The van der Waals surface area contributed by atoms with Crippen LogP contribution in [0, 0.1) is 12.8 Å². The summed E-state index contributed by atoms with van der Waals surface area (Å²) in [5, 5.41) is 10.8. The number of unbranched alkanes of at least 4 members (excludes halogenated alkanes) is 3. The maximum Gasteiger partial charge on any atom is 0.324 e. The highest BCUT2D eigenvalue weighted by Gasteiger charge is 2.23. The van der Waals surface area contributed by atoms with Crippen LogP contribution in [0.15, 0.2) is 54.6 Å². The number of urea groups is 1. The Hall–Kier alpha value is -3.61. The van der Waals surface area contributed by atoms with Gasteiger partial charge in [0.1, 0.15) is 5.82 Å². The molecule has 1 aliphatic heterocycles. The van der Waals surface area contributed by atoms with E-state index in [0.29, 0.717) is 24.1 Å². The molecule has 1 aliphatic rings. The molecule has 7 heteroatoms. The van der Waals surface area contributed by atoms with E-state index in [2.05, 4.69) is 62.3 Å². The number of piperidine rings is 1. The van der Waals surface area contributed by atoms with Gasteiger partial charge in [-0.05, 0) is 68.4 Å². The third kappa shape index (κ3) is 8.69. The van der Waals surface area contributed by atoms with Crippen molar-refractivity contribution in [2.24, 2.45) is 5.92 Å². The molecule has 4 rings (SSSR count). The molecule has 7 nitrogen and oxygen atoms in total. The molecule has 0 saturated carbocycles. The van der Waals surface area contributed by atoms with Gasteiger partial charge in [0.05, 0.1) is 11.4 Å². The van der Waals surface area contributed by atoms with Crippen LogP contribution in [0.5, 0.6) is 0 Å². The van der Waals surface area contributed by atoms with E-state index >= 15 is 0 Å². The maximum absolute atomic E-state index is 13.1. The molecular formula is C34H47N5O2. The number of carbonyl (C=O) groups is 2. The first-order valence-electron chi connectivity index (χ1n) is 15.2. The van der Waals surface area contributed by atoms with Crippen LogP contribution in [0.1, 0.15) is 89.5 Å². The summed E-state index contributed by atoms with van der Waals surface area (Å²) < 4.78 is 1.79. The molecule has 0 unspecified atom stereocenters. The summed E-state index contributed by atoms with van der Waals surface area (Å²) in [6.07, 6.45) is 8.24. The van der Waals surface area contributed by atoms with Crippen molar-refractivity contribution in [3.05, 3.63) is 71.4 Å². The summed E-state index contributed by atoms with van der Waals surface area (Å²) in [5.74, 6) is 1.48. The highest BCUT2D eigenvalue weighted by Crippen LogP contribution is 2.27. The van der Waals surface area contributed by atoms with Gasteiger partial charge < -0.3 is 10.2 Å². The van der Waals surface area contributed by atoms with E-state index in [9.17, 15) is 9.59 Å². The van der Waals surface area contributed by atoms with Gasteiger partial charge in [-0.2, -0.15) is 5.10 Å². The minimum absolute atomic E-state index is 0.157. The van der Waals surface area contributed by atoms with Crippen molar-refractivity contribution in [2.45, 2.75) is 91.4 Å². The number of hydrogen-bond donors (Lipinski definition) is 2. The quantitative estimate of drug-likeness (QED) is 0.249. The van der Waals surface area contributed by atoms with Crippen LogP contribution in [0.2, 0.25) is 0 Å². The number of likely N-dealkylation sites (tertiary alicyclic amines) is 1. The number of carbonyl (C=O) groups excluding carboxylic acids is 2. The van der Waals surface area contributed by atoms with Crippen molar-refractivity contribution in [1.82, 2.24) is 14.7 Å². The number of aryl methyl sites for hydroxylation is 1. The minimum Gasteiger partial charge on any atom is -0.343 e. The molecule has 3 amide bonds. The van der Waals surface area contributed by atoms with E-state index < -0.39 is 0 Å². The molecule has 2 heterocycles. The van der Waals surface area contributed by atoms with Crippen molar-refractivity contribution in [1.29, 1.82) is 0 Å². The van der Waals surface area contributed by atoms with Gasteiger partial charge >= 0.3 is 6.03 Å². The standard InChI is InChI=1S/C34H47N5O2/c1-6-7-8-9-13-32(40)38-20-18-26(19-21-38)22-27-11-10-12-28(23-27)35-33(41)36-31-24-30(34(3,4)5)37-39(31)29-16-14-25(2)15-17-29/h10-12,14-17,23-24,26H,6-9,13,18-22H2,1-5H3,(H2,35,36,41). The molecule has 0 radical (unpaired) electrons. The van der Waals surface area contributed by atoms with E-state index in [1.165, 1.54) is 24.0 Å². The second kappa shape index (κ2) is 13.8. The molecule has 1 fully saturated rings. The Balaban J connectivity index is 1.34. The fourth-order valence-corrected chi connectivity index (χ4v) is 5.36. The van der Waals surface area contributed by atoms with Crippen molar-refractivity contribution >= 4 is 23.4 Å². The predicted octanol–water partition coefficient (Wildman–Crippen LogP) is 7.87. The predicted molar refractivity (Wildman–Crippen MR) is 168 cm³/mol. The number of anilines is 2. The molecule has 2 N–H and O–H groups in total. The van der Waals surface area contributed by atoms with Gasteiger partial charge in [0, 0.05) is 36.7 Å². The maximum atomic E-state index is 13.1. The smallest absolute Gasteiger partial charge is 0.324 e. The second-order valence-corrected chi connectivity index (χ2v) is 12.5. The normalized spacial score (nSPS) is 14.2. The molecule has 220 valence electrons. The number of nitrogens with zero attached hydrogens (tertiary/aromatic N) is 3. The lowest BCUT2D eigenvalue weighted by molar-refractivity contribution is -0.132. The van der Waals surface area contributed by atoms with Gasteiger partial charge in [-0.25, -0.2) is 9.48 Å². The Morgan fingerprint density at radius 3 is 2.37 bits per heavy atom. The average molecular weight is 558 g/mol. The number of amides is 3. The molecule has 41 heavy (non-hydrogen) atoms. The number of rotatable bonds is 10. The average Bonchev–Trinajstić information content (AvgIpc) is 3.36. The molecule has 3 aromatic rings. The molecule has 0 spiro atoms. The summed E-state index contributed by atoms with van der Waals surface area (Å²) in [6.45, 7) is 12.3. The van der Waals surface area contributed by atoms with E-state index in [1.807, 2.05) is 42.5 Å². The third-order valence-corrected chi connectivity index (χ3v) is 7.92. The van der Waals surface area contributed by atoms with Crippen LogP contribution >= 0.6 is 0 Å². The van der Waals surface area contributed by atoms with E-state index in [0.717, 1.165) is 62.3 Å². The first kappa shape index (κ1) is 30.4. The number of aromatic nitrogens is 2. The van der Waals surface area contributed by atoms with Gasteiger partial charge in [0.2, 0.25) is 5.91 Å². The highest BCUT2D eigenvalue weighted by atomic mass is 16.2. The van der Waals surface area contributed by atoms with Crippen LogP contribution < -0.4 is 10.6 Å². The number of nitrogens with one attached hydrogen (secondary N) is 2. The van der Waals surface area contributed by atoms with Crippen molar-refractivity contribution < 1.29 is 9.59 Å². The fourth-order valence-electron chi connectivity index (χ4n) is 5.36. The van der Waals surface area contributed by atoms with Crippen LogP contribution in [0.3, 0.4) is 0 Å². The van der Waals surface area contributed by atoms with Gasteiger partial charge in [-0.3, -0.25) is 10.1 Å². The Labute approximate surface area is 245 Å². The van der Waals surface area contributed by atoms with Crippen molar-refractivity contribution in [3.63, 3.8) is 0 Å². The second-order valence-electron chi connectivity index (χ2n) is 12.5. The van der Waals surface area contributed by atoms with Gasteiger partial charge in [-0.1, -0.05) is 76.8 Å². The van der Waals surface area contributed by atoms with Gasteiger partial charge in [-0.15, -0.1) is 0 Å². The van der Waals surface area contributed by atoms with Crippen LogP contribution in [0.25, 0.3) is 5.69 Å². The van der Waals surface area contributed by atoms with Gasteiger partial charge in [0.25, 0.3) is 0 Å². The fraction of sp³-hybridized carbons (Fsp3) is 0.500. The lowest BCUT2D eigenvalue weighted by Crippen LogP contribution is -2.38. The molecule has 1 aromatic heterocycles. The SMILES string of the molecule is CCCCCCC(=O)N1CCC(Cc2cccc(NC(=O)Nc3cc(C(C)(C)C)nn3-c3ccc(C)cc3)c2)CC1. The zero-order valence-corrected chi connectivity index (χ0v) is 25.5. The third-order valence-electron chi connectivity index (χ3n) is 7.92. The number of hydrogen-bond acceptors (Lipinski definition) is 3. The Morgan fingerprint density at radius 1 is 0.951 bits per heavy atom. The summed E-state index contributed by atoms with van der Waals surface area (Å²) in [6, 6.07) is 17.8. The van der Waals surface area contributed by atoms with Crippen molar-refractivity contribution in [3.8, 4) is 5.69 Å². The topological polar surface area (TPSA) is 79.3 Å². The number of benzene rings is 2. The summed E-state index contributed by atoms with van der Waals surface area (Å²) in [4.78, 5) is 27.7. The van der Waals surface area contributed by atoms with Crippen LogP contribution in [-0.2, 0) is 16.6 Å². The highest BCUT2D eigenvalue weighted by molar-refractivity contribution is 5.99.